The van der Waals surface area contributed by atoms with Crippen LogP contribution in [0.5, 0.6) is 5.75 Å². The lowest BCUT2D eigenvalue weighted by molar-refractivity contribution is 0.302. The Kier molecular flexibility index (Phi) is 5.46. The molecular weight excluding hydrogens is 388 g/mol. The zero-order chi connectivity index (χ0) is 22.1. The molecule has 0 spiro atoms. The topological polar surface area (TPSA) is 61.9 Å². The van der Waals surface area contributed by atoms with Crippen molar-refractivity contribution in [1.82, 2.24) is 19.8 Å². The van der Waals surface area contributed by atoms with E-state index in [-0.39, 0.29) is 5.69 Å². The van der Waals surface area contributed by atoms with E-state index >= 15 is 0 Å². The third kappa shape index (κ3) is 3.89. The minimum Gasteiger partial charge on any atom is -0.489 e. The standard InChI is InChI=1S/C25H26N4O2/c1-16-8-6-10-21(19(16)4)20-12-13-24(18(3)14-20)31-15-22-17(2)9-7-11-23(22)29-25(30)28(5)26-27-29/h6-14H,15H2,1-5H3. The van der Waals surface area contributed by atoms with Crippen molar-refractivity contribution in [2.45, 2.75) is 34.3 Å². The summed E-state index contributed by atoms with van der Waals surface area (Å²) in [4.78, 5) is 12.3. The van der Waals surface area contributed by atoms with Gasteiger partial charge in [-0.25, -0.2) is 4.79 Å². The van der Waals surface area contributed by atoms with Gasteiger partial charge in [-0.2, -0.15) is 9.36 Å². The van der Waals surface area contributed by atoms with Gasteiger partial charge in [0.05, 0.1) is 5.69 Å². The van der Waals surface area contributed by atoms with Crippen molar-refractivity contribution in [3.8, 4) is 22.6 Å². The van der Waals surface area contributed by atoms with Crippen LogP contribution in [0.25, 0.3) is 16.8 Å². The highest BCUT2D eigenvalue weighted by Crippen LogP contribution is 2.30. The SMILES string of the molecule is Cc1cc(-c2cccc(C)c2C)ccc1OCc1c(C)cccc1-n1nnn(C)c1=O. The van der Waals surface area contributed by atoms with E-state index in [4.69, 9.17) is 4.74 Å². The van der Waals surface area contributed by atoms with E-state index in [0.29, 0.717) is 12.3 Å². The molecule has 0 unspecified atom stereocenters. The average Bonchev–Trinajstić information content (AvgIpc) is 3.08. The van der Waals surface area contributed by atoms with Gasteiger partial charge in [0.15, 0.2) is 0 Å². The highest BCUT2D eigenvalue weighted by Gasteiger charge is 2.14. The van der Waals surface area contributed by atoms with E-state index in [1.54, 1.807) is 7.05 Å². The van der Waals surface area contributed by atoms with Gasteiger partial charge in [0, 0.05) is 12.6 Å². The average molecular weight is 415 g/mol. The molecule has 31 heavy (non-hydrogen) atoms. The van der Waals surface area contributed by atoms with Crippen LogP contribution in [0, 0.1) is 27.7 Å². The fourth-order valence-electron chi connectivity index (χ4n) is 3.73. The van der Waals surface area contributed by atoms with Crippen molar-refractivity contribution in [3.63, 3.8) is 0 Å². The van der Waals surface area contributed by atoms with Crippen LogP contribution in [0.1, 0.15) is 27.8 Å². The van der Waals surface area contributed by atoms with Crippen molar-refractivity contribution in [3.05, 3.63) is 92.9 Å². The third-order valence-electron chi connectivity index (χ3n) is 5.80. The van der Waals surface area contributed by atoms with E-state index in [9.17, 15) is 4.79 Å². The fourth-order valence-corrected chi connectivity index (χ4v) is 3.73. The summed E-state index contributed by atoms with van der Waals surface area (Å²) < 4.78 is 8.71. The van der Waals surface area contributed by atoms with E-state index in [1.807, 2.05) is 31.2 Å². The number of benzene rings is 3. The molecule has 4 rings (SSSR count). The van der Waals surface area contributed by atoms with E-state index in [0.717, 1.165) is 22.4 Å². The van der Waals surface area contributed by atoms with Gasteiger partial charge in [-0.3, -0.25) is 0 Å². The van der Waals surface area contributed by atoms with Gasteiger partial charge in [0.2, 0.25) is 0 Å². The van der Waals surface area contributed by atoms with Gasteiger partial charge in [0.1, 0.15) is 12.4 Å². The summed E-state index contributed by atoms with van der Waals surface area (Å²) in [6, 6.07) is 18.4. The summed E-state index contributed by atoms with van der Waals surface area (Å²) in [6.45, 7) is 8.66. The molecule has 0 saturated carbocycles. The maximum atomic E-state index is 12.3. The minimum absolute atomic E-state index is 0.291. The summed E-state index contributed by atoms with van der Waals surface area (Å²) in [6.07, 6.45) is 0. The van der Waals surface area contributed by atoms with Crippen molar-refractivity contribution in [2.75, 3.05) is 0 Å². The Morgan fingerprint density at radius 3 is 2.32 bits per heavy atom. The summed E-state index contributed by atoms with van der Waals surface area (Å²) in [5, 5.41) is 7.81. The molecule has 158 valence electrons. The Bertz CT molecular complexity index is 1320. The number of tetrazole rings is 1. The first kappa shape index (κ1) is 20.6. The number of hydrogen-bond donors (Lipinski definition) is 0. The highest BCUT2D eigenvalue weighted by molar-refractivity contribution is 5.70. The molecule has 6 nitrogen and oxygen atoms in total. The second-order valence-corrected chi connectivity index (χ2v) is 7.89. The molecule has 0 saturated heterocycles. The molecule has 4 aromatic rings. The third-order valence-corrected chi connectivity index (χ3v) is 5.80. The quantitative estimate of drug-likeness (QED) is 0.484. The van der Waals surface area contributed by atoms with Gasteiger partial charge in [-0.05, 0) is 89.7 Å². The molecule has 1 aromatic heterocycles. The normalized spacial score (nSPS) is 11.0. The van der Waals surface area contributed by atoms with Crippen LogP contribution in [0.4, 0.5) is 0 Å². The molecule has 0 aliphatic rings. The number of nitrogens with zero attached hydrogens (tertiary/aromatic N) is 4. The Labute approximate surface area is 181 Å². The van der Waals surface area contributed by atoms with Gasteiger partial charge in [0.25, 0.3) is 0 Å². The molecule has 0 aliphatic carbocycles. The predicted octanol–water partition coefficient (Wildman–Crippen LogP) is 4.45. The number of ether oxygens (including phenoxy) is 1. The summed E-state index contributed by atoms with van der Waals surface area (Å²) in [5.74, 6) is 0.815. The Morgan fingerprint density at radius 1 is 0.871 bits per heavy atom. The summed E-state index contributed by atoms with van der Waals surface area (Å²) in [7, 11) is 1.58. The van der Waals surface area contributed by atoms with Crippen molar-refractivity contribution < 1.29 is 4.74 Å². The van der Waals surface area contributed by atoms with Gasteiger partial charge < -0.3 is 4.74 Å². The zero-order valence-electron chi connectivity index (χ0n) is 18.5. The first-order valence-electron chi connectivity index (χ1n) is 10.2. The minimum atomic E-state index is -0.291. The van der Waals surface area contributed by atoms with Crippen LogP contribution in [-0.4, -0.2) is 19.8 Å². The Morgan fingerprint density at radius 2 is 1.61 bits per heavy atom. The molecule has 0 aliphatic heterocycles. The fraction of sp³-hybridized carbons (Fsp3) is 0.240. The van der Waals surface area contributed by atoms with Gasteiger partial charge >= 0.3 is 5.69 Å². The van der Waals surface area contributed by atoms with Crippen LogP contribution < -0.4 is 10.4 Å². The molecule has 0 bridgehead atoms. The molecule has 0 radical (unpaired) electrons. The van der Waals surface area contributed by atoms with Crippen molar-refractivity contribution in [2.24, 2.45) is 7.05 Å². The number of aromatic nitrogens is 4. The van der Waals surface area contributed by atoms with Crippen LogP contribution in [0.15, 0.2) is 59.4 Å². The predicted molar refractivity (Wildman–Crippen MR) is 122 cm³/mol. The second-order valence-electron chi connectivity index (χ2n) is 7.89. The van der Waals surface area contributed by atoms with Crippen molar-refractivity contribution >= 4 is 0 Å². The summed E-state index contributed by atoms with van der Waals surface area (Å²) >= 11 is 0. The van der Waals surface area contributed by atoms with E-state index in [1.165, 1.54) is 31.6 Å². The number of hydrogen-bond acceptors (Lipinski definition) is 4. The lowest BCUT2D eigenvalue weighted by atomic mass is 9.96. The monoisotopic (exact) mass is 414 g/mol. The van der Waals surface area contributed by atoms with Crippen LogP contribution in [0.3, 0.4) is 0 Å². The molecule has 0 amide bonds. The molecule has 3 aromatic carbocycles. The smallest absolute Gasteiger partial charge is 0.368 e. The first-order valence-corrected chi connectivity index (χ1v) is 10.2. The maximum Gasteiger partial charge on any atom is 0.368 e. The molecule has 6 heteroatoms. The molecule has 1 heterocycles. The first-order chi connectivity index (χ1) is 14.9. The van der Waals surface area contributed by atoms with Crippen LogP contribution in [0.2, 0.25) is 0 Å². The van der Waals surface area contributed by atoms with Gasteiger partial charge in [-0.1, -0.05) is 36.4 Å². The van der Waals surface area contributed by atoms with E-state index in [2.05, 4.69) is 61.5 Å². The number of rotatable bonds is 5. The molecular formula is C25H26N4O2. The largest absolute Gasteiger partial charge is 0.489 e. The lowest BCUT2D eigenvalue weighted by Gasteiger charge is -2.15. The lowest BCUT2D eigenvalue weighted by Crippen LogP contribution is -2.23. The molecule has 0 atom stereocenters. The second kappa shape index (κ2) is 8.22. The Balaban J connectivity index is 1.63. The zero-order valence-corrected chi connectivity index (χ0v) is 18.5. The summed E-state index contributed by atoms with van der Waals surface area (Å²) in [5.41, 5.74) is 8.36. The molecule has 0 N–H and O–H groups in total. The Hall–Kier alpha value is -3.67. The van der Waals surface area contributed by atoms with Crippen LogP contribution >= 0.6 is 0 Å². The van der Waals surface area contributed by atoms with Gasteiger partial charge in [-0.15, -0.1) is 0 Å². The van der Waals surface area contributed by atoms with E-state index < -0.39 is 0 Å². The van der Waals surface area contributed by atoms with Crippen molar-refractivity contribution in [1.29, 1.82) is 0 Å². The maximum absolute atomic E-state index is 12.3. The molecule has 0 fully saturated rings. The highest BCUT2D eigenvalue weighted by atomic mass is 16.5. The van der Waals surface area contributed by atoms with Crippen LogP contribution in [-0.2, 0) is 13.7 Å². The number of aryl methyl sites for hydroxylation is 4.